The van der Waals surface area contributed by atoms with E-state index in [1.54, 1.807) is 0 Å². The van der Waals surface area contributed by atoms with Crippen molar-refractivity contribution < 1.29 is 4.42 Å². The number of benzene rings is 5. The third kappa shape index (κ3) is 2.56. The van der Waals surface area contributed by atoms with Crippen LogP contribution in [0.4, 0.5) is 0 Å². The molecular weight excluding hydrogens is 364 g/mol. The van der Waals surface area contributed by atoms with E-state index in [0.717, 1.165) is 11.2 Å². The first-order valence-electron chi connectivity index (χ1n) is 10.3. The van der Waals surface area contributed by atoms with Gasteiger partial charge in [-0.05, 0) is 52.1 Å². The third-order valence-electron chi connectivity index (χ3n) is 5.93. The van der Waals surface area contributed by atoms with Crippen LogP contribution in [-0.2, 0) is 0 Å². The van der Waals surface area contributed by atoms with Crippen LogP contribution in [0.5, 0.6) is 0 Å². The molecule has 30 heavy (non-hydrogen) atoms. The second-order valence-electron chi connectivity index (χ2n) is 7.86. The van der Waals surface area contributed by atoms with Crippen molar-refractivity contribution in [2.75, 3.05) is 0 Å². The average Bonchev–Trinajstić information content (AvgIpc) is 3.18. The van der Waals surface area contributed by atoms with Gasteiger partial charge in [0.15, 0.2) is 0 Å². The maximum atomic E-state index is 6.29. The van der Waals surface area contributed by atoms with Gasteiger partial charge in [-0.15, -0.1) is 0 Å². The van der Waals surface area contributed by atoms with Crippen LogP contribution in [-0.4, -0.2) is 0 Å². The SMILES string of the molecule is Cc1ccc(-c2cc3oc4ccccc4c3c3ccccc23)c(-c2ccccc2)c1. The number of rotatable bonds is 2. The predicted octanol–water partition coefficient (Wildman–Crippen LogP) is 8.38. The summed E-state index contributed by atoms with van der Waals surface area (Å²) in [4.78, 5) is 0. The van der Waals surface area contributed by atoms with Crippen LogP contribution in [0.2, 0.25) is 0 Å². The number of furan rings is 1. The van der Waals surface area contributed by atoms with Crippen LogP contribution in [0, 0.1) is 6.92 Å². The smallest absolute Gasteiger partial charge is 0.136 e. The second kappa shape index (κ2) is 6.60. The molecule has 1 heterocycles. The lowest BCUT2D eigenvalue weighted by Crippen LogP contribution is -1.89. The Kier molecular flexibility index (Phi) is 3.75. The minimum absolute atomic E-state index is 0.932. The van der Waals surface area contributed by atoms with Gasteiger partial charge in [-0.25, -0.2) is 0 Å². The van der Waals surface area contributed by atoms with E-state index < -0.39 is 0 Å². The summed E-state index contributed by atoms with van der Waals surface area (Å²) in [6.45, 7) is 2.15. The minimum atomic E-state index is 0.932. The fourth-order valence-corrected chi connectivity index (χ4v) is 4.56. The molecule has 0 aliphatic carbocycles. The van der Waals surface area contributed by atoms with E-state index in [-0.39, 0.29) is 0 Å². The molecule has 0 N–H and O–H groups in total. The van der Waals surface area contributed by atoms with Gasteiger partial charge in [0.25, 0.3) is 0 Å². The predicted molar refractivity (Wildman–Crippen MR) is 127 cm³/mol. The molecule has 6 aromatic rings. The van der Waals surface area contributed by atoms with Gasteiger partial charge >= 0.3 is 0 Å². The molecule has 0 aliphatic rings. The third-order valence-corrected chi connectivity index (χ3v) is 5.93. The van der Waals surface area contributed by atoms with Gasteiger partial charge in [0.05, 0.1) is 0 Å². The lowest BCUT2D eigenvalue weighted by molar-refractivity contribution is 0.669. The first-order valence-corrected chi connectivity index (χ1v) is 10.3. The molecule has 6 rings (SSSR count). The number of aryl methyl sites for hydroxylation is 1. The van der Waals surface area contributed by atoms with E-state index in [0.29, 0.717) is 0 Å². The highest BCUT2D eigenvalue weighted by atomic mass is 16.3. The highest BCUT2D eigenvalue weighted by Gasteiger charge is 2.16. The van der Waals surface area contributed by atoms with E-state index in [4.69, 9.17) is 4.42 Å². The quantitative estimate of drug-likeness (QED) is 0.292. The molecule has 0 saturated carbocycles. The van der Waals surface area contributed by atoms with Crippen LogP contribution in [0.25, 0.3) is 55.0 Å². The summed E-state index contributed by atoms with van der Waals surface area (Å²) in [6.07, 6.45) is 0. The zero-order chi connectivity index (χ0) is 20.1. The van der Waals surface area contributed by atoms with Gasteiger partial charge in [-0.2, -0.15) is 0 Å². The molecule has 0 spiro atoms. The Balaban J connectivity index is 1.75. The molecule has 0 amide bonds. The number of para-hydroxylation sites is 1. The first-order chi connectivity index (χ1) is 14.8. The standard InChI is InChI=1S/C29H20O/c1-19-15-16-22(25(17-19)20-9-3-2-4-10-20)26-18-28-29(23-12-6-5-11-21(23)26)24-13-7-8-14-27(24)30-28/h2-18H,1H3. The molecule has 1 heteroatoms. The van der Waals surface area contributed by atoms with E-state index in [1.807, 2.05) is 12.1 Å². The number of hydrogen-bond donors (Lipinski definition) is 0. The zero-order valence-corrected chi connectivity index (χ0v) is 16.7. The average molecular weight is 384 g/mol. The second-order valence-corrected chi connectivity index (χ2v) is 7.86. The number of hydrogen-bond acceptors (Lipinski definition) is 1. The Hall–Kier alpha value is -3.84. The van der Waals surface area contributed by atoms with Crippen molar-refractivity contribution in [3.05, 3.63) is 109 Å². The highest BCUT2D eigenvalue weighted by molar-refractivity contribution is 6.22. The lowest BCUT2D eigenvalue weighted by Gasteiger charge is -2.14. The van der Waals surface area contributed by atoms with Gasteiger partial charge in [-0.1, -0.05) is 96.6 Å². The summed E-state index contributed by atoms with van der Waals surface area (Å²) in [6, 6.07) is 36.5. The molecule has 0 saturated heterocycles. The lowest BCUT2D eigenvalue weighted by atomic mass is 9.89. The Morgan fingerprint density at radius 3 is 2.03 bits per heavy atom. The van der Waals surface area contributed by atoms with Crippen molar-refractivity contribution in [3.63, 3.8) is 0 Å². The minimum Gasteiger partial charge on any atom is -0.456 e. The summed E-state index contributed by atoms with van der Waals surface area (Å²) >= 11 is 0. The summed E-state index contributed by atoms with van der Waals surface area (Å²) in [5.74, 6) is 0. The van der Waals surface area contributed by atoms with Gasteiger partial charge < -0.3 is 4.42 Å². The molecule has 1 aromatic heterocycles. The van der Waals surface area contributed by atoms with Crippen LogP contribution >= 0.6 is 0 Å². The van der Waals surface area contributed by atoms with Crippen molar-refractivity contribution in [3.8, 4) is 22.3 Å². The van der Waals surface area contributed by atoms with E-state index in [9.17, 15) is 0 Å². The van der Waals surface area contributed by atoms with Crippen LogP contribution in [0.15, 0.2) is 108 Å². The van der Waals surface area contributed by atoms with Gasteiger partial charge in [0.1, 0.15) is 11.2 Å². The summed E-state index contributed by atoms with van der Waals surface area (Å²) in [5.41, 5.74) is 8.03. The van der Waals surface area contributed by atoms with Crippen LogP contribution < -0.4 is 0 Å². The van der Waals surface area contributed by atoms with Crippen molar-refractivity contribution in [2.45, 2.75) is 6.92 Å². The summed E-state index contributed by atoms with van der Waals surface area (Å²) in [5, 5.41) is 4.84. The van der Waals surface area contributed by atoms with E-state index >= 15 is 0 Å². The van der Waals surface area contributed by atoms with Gasteiger partial charge in [-0.3, -0.25) is 0 Å². The maximum absolute atomic E-state index is 6.29. The van der Waals surface area contributed by atoms with Crippen molar-refractivity contribution >= 4 is 32.7 Å². The maximum Gasteiger partial charge on any atom is 0.136 e. The fraction of sp³-hybridized carbons (Fsp3) is 0.0345. The van der Waals surface area contributed by atoms with E-state index in [2.05, 4.69) is 97.9 Å². The molecule has 0 bridgehead atoms. The Bertz CT molecular complexity index is 1540. The Morgan fingerprint density at radius 1 is 0.500 bits per heavy atom. The van der Waals surface area contributed by atoms with Gasteiger partial charge in [0, 0.05) is 10.8 Å². The molecule has 0 atom stereocenters. The largest absolute Gasteiger partial charge is 0.456 e. The molecule has 0 unspecified atom stereocenters. The topological polar surface area (TPSA) is 13.1 Å². The summed E-state index contributed by atoms with van der Waals surface area (Å²) in [7, 11) is 0. The molecule has 1 nitrogen and oxygen atoms in total. The molecule has 142 valence electrons. The molecule has 5 aromatic carbocycles. The highest BCUT2D eigenvalue weighted by Crippen LogP contribution is 2.42. The normalized spacial score (nSPS) is 11.5. The van der Waals surface area contributed by atoms with E-state index in [1.165, 1.54) is 49.4 Å². The molecule has 0 aliphatic heterocycles. The number of fused-ring (bicyclic) bond motifs is 5. The van der Waals surface area contributed by atoms with Crippen LogP contribution in [0.1, 0.15) is 5.56 Å². The van der Waals surface area contributed by atoms with Crippen molar-refractivity contribution in [1.29, 1.82) is 0 Å². The molecule has 0 fully saturated rings. The van der Waals surface area contributed by atoms with Crippen molar-refractivity contribution in [2.24, 2.45) is 0 Å². The Morgan fingerprint density at radius 2 is 1.20 bits per heavy atom. The Labute approximate surface area is 175 Å². The van der Waals surface area contributed by atoms with Crippen molar-refractivity contribution in [1.82, 2.24) is 0 Å². The van der Waals surface area contributed by atoms with Gasteiger partial charge in [0.2, 0.25) is 0 Å². The fourth-order valence-electron chi connectivity index (χ4n) is 4.56. The summed E-state index contributed by atoms with van der Waals surface area (Å²) < 4.78 is 6.29. The monoisotopic (exact) mass is 384 g/mol. The molecular formula is C29H20O. The molecule has 0 radical (unpaired) electrons. The zero-order valence-electron chi connectivity index (χ0n) is 16.7. The first kappa shape index (κ1) is 17.1. The van der Waals surface area contributed by atoms with Crippen LogP contribution in [0.3, 0.4) is 0 Å².